The van der Waals surface area contributed by atoms with Crippen molar-refractivity contribution in [3.05, 3.63) is 64.7 Å². The van der Waals surface area contributed by atoms with E-state index in [9.17, 15) is 19.2 Å². The first-order valence-corrected chi connectivity index (χ1v) is 12.7. The van der Waals surface area contributed by atoms with Gasteiger partial charge in [0.05, 0.1) is 11.6 Å². The van der Waals surface area contributed by atoms with Crippen LogP contribution in [0.5, 0.6) is 5.75 Å². The third-order valence-electron chi connectivity index (χ3n) is 5.95. The van der Waals surface area contributed by atoms with E-state index in [1.807, 2.05) is 44.2 Å². The quantitative estimate of drug-likeness (QED) is 0.437. The average Bonchev–Trinajstić information content (AvgIpc) is 2.85. The first-order valence-electron chi connectivity index (χ1n) is 12.3. The van der Waals surface area contributed by atoms with Crippen molar-refractivity contribution in [3.63, 3.8) is 0 Å². The van der Waals surface area contributed by atoms with Gasteiger partial charge in [0.2, 0.25) is 17.7 Å². The van der Waals surface area contributed by atoms with Crippen molar-refractivity contribution in [2.75, 3.05) is 6.61 Å². The fraction of sp³-hybridized carbons (Fsp3) is 0.407. The molecule has 0 saturated heterocycles. The lowest BCUT2D eigenvalue weighted by molar-refractivity contribution is -0.131. The molecule has 0 unspecified atom stereocenters. The van der Waals surface area contributed by atoms with Crippen molar-refractivity contribution in [1.29, 1.82) is 0 Å². The van der Waals surface area contributed by atoms with E-state index in [1.165, 1.54) is 6.07 Å². The fourth-order valence-electron chi connectivity index (χ4n) is 4.16. The van der Waals surface area contributed by atoms with Gasteiger partial charge in [0, 0.05) is 17.9 Å². The van der Waals surface area contributed by atoms with Gasteiger partial charge in [-0.15, -0.1) is 0 Å². The highest BCUT2D eigenvalue weighted by Crippen LogP contribution is 2.24. The number of carbonyl (C=O) groups excluding carboxylic acids is 4. The number of carbonyl (C=O) groups is 4. The molecule has 1 aliphatic rings. The van der Waals surface area contributed by atoms with Gasteiger partial charge in [-0.3, -0.25) is 19.2 Å². The molecule has 3 rings (SSSR count). The summed E-state index contributed by atoms with van der Waals surface area (Å²) in [6.07, 6.45) is 0.691. The number of hydrogen-bond acceptors (Lipinski definition) is 5. The van der Waals surface area contributed by atoms with Gasteiger partial charge >= 0.3 is 0 Å². The molecule has 0 saturated carbocycles. The first kappa shape index (κ1) is 28.0. The minimum Gasteiger partial charge on any atom is -0.491 e. The van der Waals surface area contributed by atoms with E-state index in [2.05, 4.69) is 16.0 Å². The van der Waals surface area contributed by atoms with Crippen LogP contribution in [0.15, 0.2) is 48.5 Å². The monoisotopic (exact) mass is 528 g/mol. The number of nitrogens with one attached hydrogen (secondary N) is 3. The van der Waals surface area contributed by atoms with Crippen molar-refractivity contribution in [1.82, 2.24) is 16.0 Å². The molecule has 198 valence electrons. The molecule has 5 N–H and O–H groups in total. The van der Waals surface area contributed by atoms with Crippen LogP contribution in [0.25, 0.3) is 0 Å². The molecule has 4 amide bonds. The van der Waals surface area contributed by atoms with Crippen molar-refractivity contribution in [3.8, 4) is 5.75 Å². The van der Waals surface area contributed by atoms with Gasteiger partial charge in [-0.25, -0.2) is 0 Å². The molecule has 1 aliphatic heterocycles. The molecule has 0 bridgehead atoms. The Hall–Kier alpha value is -3.59. The Kier molecular flexibility index (Phi) is 9.91. The Balaban J connectivity index is 1.99. The van der Waals surface area contributed by atoms with Gasteiger partial charge in [-0.2, -0.15) is 0 Å². The number of benzene rings is 2. The van der Waals surface area contributed by atoms with Crippen LogP contribution < -0.4 is 26.4 Å². The minimum absolute atomic E-state index is 0.0179. The second kappa shape index (κ2) is 13.1. The molecule has 0 spiro atoms. The number of amides is 4. The number of rotatable bonds is 7. The van der Waals surface area contributed by atoms with E-state index in [4.69, 9.17) is 22.1 Å². The minimum atomic E-state index is -1.03. The maximum absolute atomic E-state index is 13.4. The van der Waals surface area contributed by atoms with E-state index in [0.717, 1.165) is 5.56 Å². The summed E-state index contributed by atoms with van der Waals surface area (Å²) in [6, 6.07) is 11.4. The highest BCUT2D eigenvalue weighted by Gasteiger charge is 2.30. The molecular weight excluding hydrogens is 496 g/mol. The molecule has 0 aliphatic carbocycles. The van der Waals surface area contributed by atoms with Crippen LogP contribution in [0, 0.1) is 5.92 Å². The second-order valence-corrected chi connectivity index (χ2v) is 10.0. The predicted octanol–water partition coefficient (Wildman–Crippen LogP) is 2.35. The zero-order chi connectivity index (χ0) is 26.9. The van der Waals surface area contributed by atoms with Crippen molar-refractivity contribution in [2.24, 2.45) is 11.7 Å². The van der Waals surface area contributed by atoms with Crippen LogP contribution in [-0.2, 0) is 20.8 Å². The standard InChI is InChI=1S/C27H33ClN4O5/c1-16(2)12-19-15-37-23-10-8-18(28)14-20(23)25(34)32-22(13-17-6-4-3-5-7-17)27(36)31-21(26(35)30-19)9-11-24(29)33/h3-8,10,14,16,19,21-22H,9,11-13,15H2,1-2H3,(H2,29,33)(H,30,35)(H,31,36)(H,32,34)/t19-,21-,22-/m0/s1. The van der Waals surface area contributed by atoms with E-state index in [0.29, 0.717) is 11.4 Å². The van der Waals surface area contributed by atoms with Gasteiger partial charge in [-0.1, -0.05) is 55.8 Å². The number of hydrogen-bond donors (Lipinski definition) is 4. The summed E-state index contributed by atoms with van der Waals surface area (Å²) >= 11 is 6.17. The summed E-state index contributed by atoms with van der Waals surface area (Å²) in [5, 5.41) is 8.76. The zero-order valence-corrected chi connectivity index (χ0v) is 21.7. The predicted molar refractivity (Wildman–Crippen MR) is 140 cm³/mol. The summed E-state index contributed by atoms with van der Waals surface area (Å²) < 4.78 is 5.99. The van der Waals surface area contributed by atoms with E-state index in [1.54, 1.807) is 12.1 Å². The number of ether oxygens (including phenoxy) is 1. The van der Waals surface area contributed by atoms with Gasteiger partial charge in [0.25, 0.3) is 5.91 Å². The number of fused-ring (bicyclic) bond motifs is 1. The lowest BCUT2D eigenvalue weighted by atomic mass is 10.0. The third-order valence-corrected chi connectivity index (χ3v) is 6.18. The average molecular weight is 529 g/mol. The van der Waals surface area contributed by atoms with Crippen molar-refractivity contribution >= 4 is 35.2 Å². The number of nitrogens with two attached hydrogens (primary N) is 1. The van der Waals surface area contributed by atoms with E-state index >= 15 is 0 Å². The van der Waals surface area contributed by atoms with E-state index in [-0.39, 0.29) is 43.1 Å². The van der Waals surface area contributed by atoms with Crippen LogP contribution >= 0.6 is 11.6 Å². The zero-order valence-electron chi connectivity index (χ0n) is 21.0. The number of halogens is 1. The maximum Gasteiger partial charge on any atom is 0.255 e. The van der Waals surface area contributed by atoms with Crippen LogP contribution in [0.2, 0.25) is 5.02 Å². The van der Waals surface area contributed by atoms with Crippen LogP contribution in [-0.4, -0.2) is 48.4 Å². The molecule has 37 heavy (non-hydrogen) atoms. The lowest BCUT2D eigenvalue weighted by Crippen LogP contribution is -2.56. The molecule has 2 aromatic carbocycles. The second-order valence-electron chi connectivity index (χ2n) is 9.57. The highest BCUT2D eigenvalue weighted by atomic mass is 35.5. The maximum atomic E-state index is 13.4. The van der Waals surface area contributed by atoms with E-state index < -0.39 is 41.8 Å². The first-order chi connectivity index (χ1) is 17.6. The fourth-order valence-corrected chi connectivity index (χ4v) is 4.33. The molecule has 9 nitrogen and oxygen atoms in total. The van der Waals surface area contributed by atoms with Gasteiger partial charge in [0.1, 0.15) is 24.4 Å². The molecular formula is C27H33ClN4O5. The van der Waals surface area contributed by atoms with Crippen molar-refractivity contribution < 1.29 is 23.9 Å². The van der Waals surface area contributed by atoms with Crippen LogP contribution in [0.1, 0.15) is 49.0 Å². The topological polar surface area (TPSA) is 140 Å². The molecule has 3 atom stereocenters. The normalized spacial score (nSPS) is 20.8. The third kappa shape index (κ3) is 8.49. The molecule has 0 radical (unpaired) electrons. The van der Waals surface area contributed by atoms with Crippen LogP contribution in [0.3, 0.4) is 0 Å². The Morgan fingerprint density at radius 3 is 2.41 bits per heavy atom. The summed E-state index contributed by atoms with van der Waals surface area (Å²) in [7, 11) is 0. The van der Waals surface area contributed by atoms with Crippen molar-refractivity contribution in [2.45, 2.75) is 57.7 Å². The molecule has 0 aromatic heterocycles. The Labute approximate surface area is 221 Å². The van der Waals surface area contributed by atoms with Gasteiger partial charge < -0.3 is 26.4 Å². The Bertz CT molecular complexity index is 1130. The van der Waals surface area contributed by atoms with Crippen LogP contribution in [0.4, 0.5) is 0 Å². The summed E-state index contributed by atoms with van der Waals surface area (Å²) in [5.41, 5.74) is 6.30. The van der Waals surface area contributed by atoms with Gasteiger partial charge in [0.15, 0.2) is 0 Å². The highest BCUT2D eigenvalue weighted by molar-refractivity contribution is 6.31. The van der Waals surface area contributed by atoms with Gasteiger partial charge in [-0.05, 0) is 42.5 Å². The molecule has 10 heteroatoms. The number of primary amides is 1. The molecule has 0 fully saturated rings. The molecule has 2 aromatic rings. The largest absolute Gasteiger partial charge is 0.491 e. The smallest absolute Gasteiger partial charge is 0.255 e. The summed E-state index contributed by atoms with van der Waals surface area (Å²) in [6.45, 7) is 4.11. The summed E-state index contributed by atoms with van der Waals surface area (Å²) in [5.74, 6) is -1.63. The SMILES string of the molecule is CC(C)C[C@H]1COc2ccc(Cl)cc2C(=O)N[C@@H](Cc2ccccc2)C(=O)N[C@@H](CCC(N)=O)C(=O)N1. The summed E-state index contributed by atoms with van der Waals surface area (Å²) in [4.78, 5) is 51.5. The molecule has 1 heterocycles. The Morgan fingerprint density at radius 2 is 1.73 bits per heavy atom. The lowest BCUT2D eigenvalue weighted by Gasteiger charge is -2.25. The Morgan fingerprint density at radius 1 is 1.03 bits per heavy atom.